The standard InChI is InChI=1S/C11H12N2O3/c1-6-3-8-9(4-7(6)2)13(5-10(14)15)11(16)12-8/h3-4H,5H2,1-2H3,(H,12,16)(H,14,15). The van der Waals surface area contributed by atoms with Crippen LogP contribution in [0.25, 0.3) is 11.0 Å². The van der Waals surface area contributed by atoms with Gasteiger partial charge in [0.2, 0.25) is 0 Å². The number of nitrogens with zero attached hydrogens (tertiary/aromatic N) is 1. The van der Waals surface area contributed by atoms with Gasteiger partial charge in [0.25, 0.3) is 0 Å². The summed E-state index contributed by atoms with van der Waals surface area (Å²) in [5, 5.41) is 8.72. The van der Waals surface area contributed by atoms with Gasteiger partial charge in [0, 0.05) is 0 Å². The Balaban J connectivity index is 2.74. The number of nitrogens with one attached hydrogen (secondary N) is 1. The minimum atomic E-state index is -1.03. The molecule has 84 valence electrons. The molecule has 16 heavy (non-hydrogen) atoms. The number of benzene rings is 1. The first-order valence-electron chi connectivity index (χ1n) is 4.90. The Morgan fingerprint density at radius 3 is 2.62 bits per heavy atom. The van der Waals surface area contributed by atoms with Crippen molar-refractivity contribution in [2.75, 3.05) is 0 Å². The summed E-state index contributed by atoms with van der Waals surface area (Å²) >= 11 is 0. The van der Waals surface area contributed by atoms with Crippen molar-refractivity contribution in [3.8, 4) is 0 Å². The van der Waals surface area contributed by atoms with Crippen molar-refractivity contribution >= 4 is 17.0 Å². The fourth-order valence-electron chi connectivity index (χ4n) is 1.71. The van der Waals surface area contributed by atoms with Crippen LogP contribution in [-0.4, -0.2) is 20.6 Å². The van der Waals surface area contributed by atoms with Crippen molar-refractivity contribution in [3.05, 3.63) is 33.7 Å². The van der Waals surface area contributed by atoms with E-state index in [1.165, 1.54) is 4.57 Å². The van der Waals surface area contributed by atoms with Gasteiger partial charge < -0.3 is 10.1 Å². The van der Waals surface area contributed by atoms with Crippen molar-refractivity contribution in [2.45, 2.75) is 20.4 Å². The molecule has 5 heteroatoms. The number of carbonyl (C=O) groups is 1. The van der Waals surface area contributed by atoms with E-state index in [4.69, 9.17) is 5.11 Å². The molecule has 2 N–H and O–H groups in total. The van der Waals surface area contributed by atoms with E-state index in [2.05, 4.69) is 4.98 Å². The Kier molecular flexibility index (Phi) is 2.30. The Labute approximate surface area is 91.3 Å². The van der Waals surface area contributed by atoms with Crippen LogP contribution in [-0.2, 0) is 11.3 Å². The first-order chi connectivity index (χ1) is 7.49. The zero-order valence-electron chi connectivity index (χ0n) is 9.07. The van der Waals surface area contributed by atoms with E-state index in [0.29, 0.717) is 11.0 Å². The number of hydrogen-bond donors (Lipinski definition) is 2. The molecule has 0 amide bonds. The highest BCUT2D eigenvalue weighted by atomic mass is 16.4. The van der Waals surface area contributed by atoms with Crippen LogP contribution in [0.5, 0.6) is 0 Å². The predicted molar refractivity (Wildman–Crippen MR) is 59.7 cm³/mol. The van der Waals surface area contributed by atoms with E-state index >= 15 is 0 Å². The van der Waals surface area contributed by atoms with Gasteiger partial charge in [-0.2, -0.15) is 0 Å². The van der Waals surface area contributed by atoms with Gasteiger partial charge in [0.05, 0.1) is 11.0 Å². The lowest BCUT2D eigenvalue weighted by atomic mass is 10.1. The molecule has 0 saturated heterocycles. The summed E-state index contributed by atoms with van der Waals surface area (Å²) in [5.41, 5.74) is 3.02. The number of aromatic nitrogens is 2. The number of rotatable bonds is 2. The largest absolute Gasteiger partial charge is 0.480 e. The number of carboxylic acid groups (broad SMARTS) is 1. The number of imidazole rings is 1. The number of fused-ring (bicyclic) bond motifs is 1. The van der Waals surface area contributed by atoms with Crippen molar-refractivity contribution in [1.29, 1.82) is 0 Å². The molecule has 0 atom stereocenters. The predicted octanol–water partition coefficient (Wildman–Crippen LogP) is 1.03. The van der Waals surface area contributed by atoms with Crippen molar-refractivity contribution in [3.63, 3.8) is 0 Å². The molecule has 0 radical (unpaired) electrons. The highest BCUT2D eigenvalue weighted by Crippen LogP contribution is 2.16. The summed E-state index contributed by atoms with van der Waals surface area (Å²) in [4.78, 5) is 24.8. The second-order valence-electron chi connectivity index (χ2n) is 3.86. The smallest absolute Gasteiger partial charge is 0.327 e. The quantitative estimate of drug-likeness (QED) is 0.793. The Morgan fingerprint density at radius 1 is 1.38 bits per heavy atom. The van der Waals surface area contributed by atoms with Gasteiger partial charge in [-0.25, -0.2) is 4.79 Å². The molecule has 0 unspecified atom stereocenters. The molecule has 0 saturated carbocycles. The highest BCUT2D eigenvalue weighted by molar-refractivity contribution is 5.79. The fraction of sp³-hybridized carbons (Fsp3) is 0.273. The molecule has 0 aliphatic carbocycles. The molecule has 2 aromatic rings. The average Bonchev–Trinajstić information content (AvgIpc) is 2.45. The van der Waals surface area contributed by atoms with E-state index in [-0.39, 0.29) is 12.2 Å². The van der Waals surface area contributed by atoms with Crippen molar-refractivity contribution < 1.29 is 9.90 Å². The summed E-state index contributed by atoms with van der Waals surface area (Å²) in [6, 6.07) is 3.68. The van der Waals surface area contributed by atoms with E-state index < -0.39 is 5.97 Å². The van der Waals surface area contributed by atoms with Gasteiger partial charge >= 0.3 is 11.7 Å². The maximum absolute atomic E-state index is 11.5. The maximum Gasteiger partial charge on any atom is 0.327 e. The third kappa shape index (κ3) is 1.60. The summed E-state index contributed by atoms with van der Waals surface area (Å²) in [5.74, 6) is -1.03. The summed E-state index contributed by atoms with van der Waals surface area (Å²) in [6.45, 7) is 3.56. The first-order valence-corrected chi connectivity index (χ1v) is 4.90. The number of carboxylic acids is 1. The molecule has 0 fully saturated rings. The molecule has 1 aromatic heterocycles. The number of aliphatic carboxylic acids is 1. The zero-order chi connectivity index (χ0) is 11.9. The van der Waals surface area contributed by atoms with E-state index in [1.54, 1.807) is 0 Å². The number of H-pyrrole nitrogens is 1. The van der Waals surface area contributed by atoms with E-state index in [9.17, 15) is 9.59 Å². The Morgan fingerprint density at radius 2 is 2.00 bits per heavy atom. The first kappa shape index (κ1) is 10.5. The van der Waals surface area contributed by atoms with Gasteiger partial charge in [-0.1, -0.05) is 0 Å². The van der Waals surface area contributed by atoms with Crippen LogP contribution in [0.2, 0.25) is 0 Å². The molecule has 0 aliphatic rings. The molecule has 0 aliphatic heterocycles. The zero-order valence-corrected chi connectivity index (χ0v) is 9.07. The van der Waals surface area contributed by atoms with Gasteiger partial charge in [0.15, 0.2) is 0 Å². The average molecular weight is 220 g/mol. The highest BCUT2D eigenvalue weighted by Gasteiger charge is 2.10. The third-order valence-electron chi connectivity index (χ3n) is 2.68. The Hall–Kier alpha value is -2.04. The normalized spacial score (nSPS) is 10.9. The van der Waals surface area contributed by atoms with Crippen LogP contribution in [0.1, 0.15) is 11.1 Å². The fourth-order valence-corrected chi connectivity index (χ4v) is 1.71. The number of hydrogen-bond acceptors (Lipinski definition) is 2. The van der Waals surface area contributed by atoms with Crippen LogP contribution in [0.4, 0.5) is 0 Å². The maximum atomic E-state index is 11.5. The molecule has 1 aromatic carbocycles. The van der Waals surface area contributed by atoms with Crippen molar-refractivity contribution in [1.82, 2.24) is 9.55 Å². The molecule has 2 rings (SSSR count). The summed E-state index contributed by atoms with van der Waals surface area (Å²) in [7, 11) is 0. The van der Waals surface area contributed by atoms with Crippen LogP contribution in [0.15, 0.2) is 16.9 Å². The van der Waals surface area contributed by atoms with Crippen molar-refractivity contribution in [2.24, 2.45) is 0 Å². The van der Waals surface area contributed by atoms with Crippen LogP contribution in [0.3, 0.4) is 0 Å². The summed E-state index contributed by atoms with van der Waals surface area (Å²) in [6.07, 6.45) is 0. The van der Waals surface area contributed by atoms with Gasteiger partial charge in [-0.15, -0.1) is 0 Å². The van der Waals surface area contributed by atoms with Gasteiger partial charge in [-0.3, -0.25) is 9.36 Å². The molecular weight excluding hydrogens is 208 g/mol. The molecule has 0 spiro atoms. The van der Waals surface area contributed by atoms with Gasteiger partial charge in [-0.05, 0) is 37.1 Å². The number of aromatic amines is 1. The topological polar surface area (TPSA) is 75.1 Å². The third-order valence-corrected chi connectivity index (χ3v) is 2.68. The lowest BCUT2D eigenvalue weighted by Gasteiger charge is -2.02. The van der Waals surface area contributed by atoms with E-state index in [1.807, 2.05) is 26.0 Å². The second-order valence-corrected chi connectivity index (χ2v) is 3.86. The Bertz CT molecular complexity index is 622. The second kappa shape index (κ2) is 3.52. The number of aryl methyl sites for hydroxylation is 2. The monoisotopic (exact) mass is 220 g/mol. The van der Waals surface area contributed by atoms with Gasteiger partial charge in [0.1, 0.15) is 6.54 Å². The molecule has 0 bridgehead atoms. The van der Waals surface area contributed by atoms with Crippen LogP contribution >= 0.6 is 0 Å². The lowest BCUT2D eigenvalue weighted by Crippen LogP contribution is -2.21. The van der Waals surface area contributed by atoms with Crippen LogP contribution in [0, 0.1) is 13.8 Å². The summed E-state index contributed by atoms with van der Waals surface area (Å²) < 4.78 is 1.23. The van der Waals surface area contributed by atoms with E-state index in [0.717, 1.165) is 11.1 Å². The molecule has 5 nitrogen and oxygen atoms in total. The van der Waals surface area contributed by atoms with Crippen LogP contribution < -0.4 is 5.69 Å². The molecular formula is C11H12N2O3. The minimum Gasteiger partial charge on any atom is -0.480 e. The lowest BCUT2D eigenvalue weighted by molar-refractivity contribution is -0.137. The molecule has 1 heterocycles. The minimum absolute atomic E-state index is 0.318. The SMILES string of the molecule is Cc1cc2[nH]c(=O)n(CC(=O)O)c2cc1C.